The van der Waals surface area contributed by atoms with Crippen LogP contribution >= 0.6 is 0 Å². The van der Waals surface area contributed by atoms with Gasteiger partial charge in [0.05, 0.1) is 18.4 Å². The topological polar surface area (TPSA) is 75.6 Å². The normalized spacial score (nSPS) is 14.6. The Labute approximate surface area is 146 Å². The van der Waals surface area contributed by atoms with Gasteiger partial charge in [-0.3, -0.25) is 9.59 Å². The van der Waals surface area contributed by atoms with Crippen LogP contribution in [0.3, 0.4) is 0 Å². The van der Waals surface area contributed by atoms with Crippen LogP contribution < -0.4 is 9.64 Å². The van der Waals surface area contributed by atoms with Crippen molar-refractivity contribution in [2.45, 2.75) is 13.3 Å². The second kappa shape index (κ2) is 7.29. The van der Waals surface area contributed by atoms with E-state index in [2.05, 4.69) is 9.97 Å². The number of benzene rings is 1. The summed E-state index contributed by atoms with van der Waals surface area (Å²) in [5, 5.41) is 0. The number of hydrogen-bond acceptors (Lipinski definition) is 5. The Morgan fingerprint density at radius 1 is 1.20 bits per heavy atom. The molecule has 0 atom stereocenters. The summed E-state index contributed by atoms with van der Waals surface area (Å²) >= 11 is 0. The molecular formula is C18H20N4O3. The third-order valence-electron chi connectivity index (χ3n) is 4.15. The molecule has 1 fully saturated rings. The zero-order valence-electron chi connectivity index (χ0n) is 14.3. The third-order valence-corrected chi connectivity index (χ3v) is 4.15. The van der Waals surface area contributed by atoms with Gasteiger partial charge >= 0.3 is 0 Å². The fourth-order valence-corrected chi connectivity index (χ4v) is 2.78. The smallest absolute Gasteiger partial charge is 0.257 e. The first-order valence-electron chi connectivity index (χ1n) is 8.17. The molecule has 0 unspecified atom stereocenters. The average molecular weight is 340 g/mol. The Kier molecular flexibility index (Phi) is 4.92. The van der Waals surface area contributed by atoms with E-state index in [1.54, 1.807) is 12.0 Å². The van der Waals surface area contributed by atoms with Crippen molar-refractivity contribution in [3.63, 3.8) is 0 Å². The highest BCUT2D eigenvalue weighted by Crippen LogP contribution is 2.29. The minimum Gasteiger partial charge on any atom is -0.495 e. The fraction of sp³-hybridized carbons (Fsp3) is 0.333. The monoisotopic (exact) mass is 340 g/mol. The number of para-hydroxylation sites is 2. The van der Waals surface area contributed by atoms with Crippen molar-refractivity contribution in [3.8, 4) is 5.75 Å². The molecule has 3 rings (SSSR count). The van der Waals surface area contributed by atoms with Gasteiger partial charge < -0.3 is 14.5 Å². The lowest BCUT2D eigenvalue weighted by atomic mass is 10.2. The summed E-state index contributed by atoms with van der Waals surface area (Å²) in [7, 11) is 1.57. The molecule has 7 heteroatoms. The molecule has 2 aromatic rings. The van der Waals surface area contributed by atoms with Gasteiger partial charge in [-0.05, 0) is 12.1 Å². The van der Waals surface area contributed by atoms with Gasteiger partial charge in [0.15, 0.2) is 0 Å². The van der Waals surface area contributed by atoms with Crippen LogP contribution in [0, 0.1) is 0 Å². The lowest BCUT2D eigenvalue weighted by Crippen LogP contribution is -2.52. The van der Waals surface area contributed by atoms with Crippen LogP contribution in [0.25, 0.3) is 0 Å². The number of amides is 2. The molecule has 1 aromatic heterocycles. The molecule has 1 aromatic carbocycles. The molecule has 0 spiro atoms. The number of ether oxygens (including phenoxy) is 1. The van der Waals surface area contributed by atoms with E-state index < -0.39 is 0 Å². The molecule has 0 N–H and O–H groups in total. The first-order chi connectivity index (χ1) is 12.1. The van der Waals surface area contributed by atoms with Gasteiger partial charge in [-0.25, -0.2) is 9.97 Å². The van der Waals surface area contributed by atoms with Crippen molar-refractivity contribution < 1.29 is 14.3 Å². The number of rotatable bonds is 4. The van der Waals surface area contributed by atoms with Gasteiger partial charge in [0.25, 0.3) is 5.91 Å². The highest BCUT2D eigenvalue weighted by Gasteiger charge is 2.30. The van der Waals surface area contributed by atoms with E-state index in [9.17, 15) is 9.59 Å². The number of hydrogen-bond donors (Lipinski definition) is 0. The lowest BCUT2D eigenvalue weighted by Gasteiger charge is -2.34. The van der Waals surface area contributed by atoms with E-state index in [1.807, 2.05) is 31.2 Å². The maximum Gasteiger partial charge on any atom is 0.257 e. The maximum atomic E-state index is 12.6. The number of carbonyl (C=O) groups is 2. The number of methoxy groups -OCH3 is 1. The van der Waals surface area contributed by atoms with Crippen molar-refractivity contribution in [2.75, 3.05) is 31.6 Å². The first kappa shape index (κ1) is 16.9. The summed E-state index contributed by atoms with van der Waals surface area (Å²) in [5.41, 5.74) is 1.12. The van der Waals surface area contributed by atoms with Gasteiger partial charge in [0, 0.05) is 31.9 Å². The number of carbonyl (C=O) groups excluding carboxylic acids is 2. The third kappa shape index (κ3) is 3.45. The Morgan fingerprint density at radius 3 is 2.56 bits per heavy atom. The summed E-state index contributed by atoms with van der Waals surface area (Å²) in [6.07, 6.45) is 3.75. The number of nitrogens with zero attached hydrogens (tertiary/aromatic N) is 4. The van der Waals surface area contributed by atoms with E-state index in [-0.39, 0.29) is 18.4 Å². The molecule has 1 saturated heterocycles. The summed E-state index contributed by atoms with van der Waals surface area (Å²) in [5.74, 6) is 0.957. The van der Waals surface area contributed by atoms with Crippen LogP contribution in [0.2, 0.25) is 0 Å². The first-order valence-corrected chi connectivity index (χ1v) is 8.17. The number of aromatic nitrogens is 2. The predicted molar refractivity (Wildman–Crippen MR) is 92.7 cm³/mol. The van der Waals surface area contributed by atoms with Crippen LogP contribution in [-0.4, -0.2) is 53.4 Å². The van der Waals surface area contributed by atoms with E-state index in [4.69, 9.17) is 4.74 Å². The van der Waals surface area contributed by atoms with Gasteiger partial charge in [0.2, 0.25) is 5.91 Å². The van der Waals surface area contributed by atoms with Gasteiger partial charge in [-0.1, -0.05) is 19.1 Å². The van der Waals surface area contributed by atoms with Crippen molar-refractivity contribution in [2.24, 2.45) is 0 Å². The van der Waals surface area contributed by atoms with E-state index in [0.29, 0.717) is 36.6 Å². The molecule has 1 aliphatic heterocycles. The molecule has 1 aliphatic rings. The number of piperazine rings is 1. The average Bonchev–Trinajstić information content (AvgIpc) is 2.67. The largest absolute Gasteiger partial charge is 0.495 e. The molecule has 0 aliphatic carbocycles. The van der Waals surface area contributed by atoms with Crippen LogP contribution in [0.1, 0.15) is 23.1 Å². The summed E-state index contributed by atoms with van der Waals surface area (Å²) in [4.78, 5) is 36.6. The Bertz CT molecular complexity index is 776. The van der Waals surface area contributed by atoms with Crippen LogP contribution in [-0.2, 0) is 11.2 Å². The molecule has 2 amide bonds. The van der Waals surface area contributed by atoms with Crippen molar-refractivity contribution >= 4 is 17.5 Å². The van der Waals surface area contributed by atoms with E-state index >= 15 is 0 Å². The highest BCUT2D eigenvalue weighted by molar-refractivity contribution is 6.02. The Morgan fingerprint density at radius 2 is 1.92 bits per heavy atom. The summed E-state index contributed by atoms with van der Waals surface area (Å²) in [6.45, 7) is 2.83. The highest BCUT2D eigenvalue weighted by atomic mass is 16.5. The maximum absolute atomic E-state index is 12.6. The summed E-state index contributed by atoms with van der Waals surface area (Å²) in [6, 6.07) is 7.36. The zero-order valence-corrected chi connectivity index (χ0v) is 14.3. The van der Waals surface area contributed by atoms with Crippen LogP contribution in [0.5, 0.6) is 5.75 Å². The Hall–Kier alpha value is -2.96. The molecule has 0 bridgehead atoms. The second-order valence-corrected chi connectivity index (χ2v) is 5.69. The zero-order chi connectivity index (χ0) is 17.8. The van der Waals surface area contributed by atoms with E-state index in [1.165, 1.54) is 17.3 Å². The van der Waals surface area contributed by atoms with Crippen molar-refractivity contribution in [1.82, 2.24) is 14.9 Å². The van der Waals surface area contributed by atoms with Crippen LogP contribution in [0.15, 0.2) is 36.7 Å². The molecule has 2 heterocycles. The molecular weight excluding hydrogens is 320 g/mol. The summed E-state index contributed by atoms with van der Waals surface area (Å²) < 4.78 is 5.32. The standard InChI is InChI=1S/C18H20N4O3/c1-3-16-19-10-13(11-20-16)18(24)21-8-9-22(17(23)12-21)14-6-4-5-7-15(14)25-2/h4-7,10-11H,3,8-9,12H2,1-2H3. The Balaban J connectivity index is 1.72. The quantitative estimate of drug-likeness (QED) is 0.844. The minimum absolute atomic E-state index is 0.0202. The SMILES string of the molecule is CCc1ncc(C(=O)N2CCN(c3ccccc3OC)C(=O)C2)cn1. The fourth-order valence-electron chi connectivity index (χ4n) is 2.78. The lowest BCUT2D eigenvalue weighted by molar-refractivity contribution is -0.120. The van der Waals surface area contributed by atoms with Gasteiger partial charge in [0.1, 0.15) is 18.1 Å². The predicted octanol–water partition coefficient (Wildman–Crippen LogP) is 1.54. The molecule has 0 radical (unpaired) electrons. The van der Waals surface area contributed by atoms with E-state index in [0.717, 1.165) is 5.69 Å². The number of aryl methyl sites for hydroxylation is 1. The minimum atomic E-state index is -0.226. The molecule has 130 valence electrons. The van der Waals surface area contributed by atoms with Gasteiger partial charge in [-0.2, -0.15) is 0 Å². The van der Waals surface area contributed by atoms with Crippen molar-refractivity contribution in [3.05, 3.63) is 48.0 Å². The molecule has 7 nitrogen and oxygen atoms in total. The number of anilines is 1. The molecule has 25 heavy (non-hydrogen) atoms. The second-order valence-electron chi connectivity index (χ2n) is 5.69. The molecule has 0 saturated carbocycles. The van der Waals surface area contributed by atoms with Crippen molar-refractivity contribution in [1.29, 1.82) is 0 Å². The van der Waals surface area contributed by atoms with Crippen LogP contribution in [0.4, 0.5) is 5.69 Å². The van der Waals surface area contributed by atoms with Gasteiger partial charge in [-0.15, -0.1) is 0 Å².